The van der Waals surface area contributed by atoms with Crippen LogP contribution in [0.15, 0.2) is 16.9 Å². The third-order valence-electron chi connectivity index (χ3n) is 7.53. The number of ether oxygens (including phenoxy) is 3. The van der Waals surface area contributed by atoms with Crippen LogP contribution in [-0.2, 0) is 14.2 Å². The van der Waals surface area contributed by atoms with Gasteiger partial charge in [-0.15, -0.1) is 0 Å². The Labute approximate surface area is 168 Å². The monoisotopic (exact) mass is 471 g/mol. The standard InChI is InChI=1S/C22H32IO3/c1-4-5-6-7-21(24-10-11-25-21)9-8-20(3)19-18(26-15(2)14-23-19)13-22(20)16-12-17(16)22/h15,18-19H,4-11,13-14H2,1-3H3/q-1/t15?,18?,19?,20-/m1/s1. The fraction of sp³-hybridized carbons (Fsp3) is 0.864. The zero-order valence-corrected chi connectivity index (χ0v) is 18.6. The Bertz CT molecular complexity index is 644. The van der Waals surface area contributed by atoms with Crippen LogP contribution in [0.5, 0.6) is 0 Å². The predicted molar refractivity (Wildman–Crippen MR) is 96.7 cm³/mol. The van der Waals surface area contributed by atoms with Gasteiger partial charge in [-0.2, -0.15) is 0 Å². The van der Waals surface area contributed by atoms with Crippen LogP contribution in [0.3, 0.4) is 0 Å². The molecule has 4 fully saturated rings. The van der Waals surface area contributed by atoms with Crippen LogP contribution < -0.4 is 21.2 Å². The van der Waals surface area contributed by atoms with Gasteiger partial charge in [0.1, 0.15) is 0 Å². The first kappa shape index (κ1) is 18.2. The second-order valence-electron chi connectivity index (χ2n) is 9.16. The van der Waals surface area contributed by atoms with E-state index in [1.54, 1.807) is 11.1 Å². The first-order valence-electron chi connectivity index (χ1n) is 10.6. The SMILES string of the molecule is CCCCCC1(CC[C@]2(C)C3[I-]CC(C)OC3CC23C2=C=C23)OCCO1. The quantitative estimate of drug-likeness (QED) is 0.242. The third kappa shape index (κ3) is 2.55. The molecular weight excluding hydrogens is 439 g/mol. The minimum atomic E-state index is -0.305. The molecule has 0 aromatic rings. The van der Waals surface area contributed by atoms with Crippen molar-refractivity contribution < 1.29 is 35.4 Å². The Hall–Kier alpha value is 0.130. The van der Waals surface area contributed by atoms with Crippen LogP contribution in [0.25, 0.3) is 0 Å². The number of unbranched alkanes of at least 4 members (excludes halogenated alkanes) is 2. The Balaban J connectivity index is 1.32. The summed E-state index contributed by atoms with van der Waals surface area (Å²) in [4.78, 5) is 0. The topological polar surface area (TPSA) is 27.7 Å². The van der Waals surface area contributed by atoms with Crippen LogP contribution in [-0.4, -0.2) is 39.6 Å². The number of rotatable bonds is 7. The Morgan fingerprint density at radius 3 is 2.54 bits per heavy atom. The van der Waals surface area contributed by atoms with Gasteiger partial charge in [0.15, 0.2) is 0 Å². The zero-order chi connectivity index (χ0) is 18.0. The molecule has 4 atom stereocenters. The molecule has 0 aromatic carbocycles. The summed E-state index contributed by atoms with van der Waals surface area (Å²) >= 11 is 0.205. The second kappa shape index (κ2) is 6.32. The Morgan fingerprint density at radius 1 is 1.12 bits per heavy atom. The van der Waals surface area contributed by atoms with E-state index in [9.17, 15) is 0 Å². The van der Waals surface area contributed by atoms with E-state index >= 15 is 0 Å². The van der Waals surface area contributed by atoms with Crippen molar-refractivity contribution in [2.24, 2.45) is 10.8 Å². The van der Waals surface area contributed by atoms with Crippen LogP contribution in [0.4, 0.5) is 0 Å². The molecule has 0 N–H and O–H groups in total. The van der Waals surface area contributed by atoms with E-state index in [0.29, 0.717) is 23.0 Å². The summed E-state index contributed by atoms with van der Waals surface area (Å²) in [5, 5.41) is 0. The van der Waals surface area contributed by atoms with E-state index in [1.807, 2.05) is 0 Å². The maximum absolute atomic E-state index is 6.44. The Kier molecular flexibility index (Phi) is 4.42. The summed E-state index contributed by atoms with van der Waals surface area (Å²) < 4.78 is 20.9. The van der Waals surface area contributed by atoms with Gasteiger partial charge in [0.2, 0.25) is 0 Å². The number of hydrogen-bond acceptors (Lipinski definition) is 3. The normalized spacial score (nSPS) is 41.1. The molecule has 5 aliphatic rings. The van der Waals surface area contributed by atoms with Crippen LogP contribution >= 0.6 is 0 Å². The molecule has 0 radical (unpaired) electrons. The molecule has 3 unspecified atom stereocenters. The number of halogens is 1. The summed E-state index contributed by atoms with van der Waals surface area (Å²) in [5.41, 5.74) is 7.38. The molecule has 26 heavy (non-hydrogen) atoms. The van der Waals surface area contributed by atoms with Crippen LogP contribution in [0.1, 0.15) is 65.7 Å². The Morgan fingerprint density at radius 2 is 1.88 bits per heavy atom. The number of hydrogen-bond donors (Lipinski definition) is 0. The summed E-state index contributed by atoms with van der Waals surface area (Å²) in [6.45, 7) is 8.64. The van der Waals surface area contributed by atoms with Crippen LogP contribution in [0, 0.1) is 10.8 Å². The number of allylic oxidation sites excluding steroid dienone is 1. The summed E-state index contributed by atoms with van der Waals surface area (Å²) in [5.74, 6) is -0.305. The molecular formula is C22H32IO3-. The van der Waals surface area contributed by atoms with Gasteiger partial charge in [0, 0.05) is 0 Å². The number of fused-ring (bicyclic) bond motifs is 4. The molecule has 0 aromatic heterocycles. The van der Waals surface area contributed by atoms with Gasteiger partial charge in [-0.1, -0.05) is 0 Å². The van der Waals surface area contributed by atoms with Gasteiger partial charge < -0.3 is 0 Å². The van der Waals surface area contributed by atoms with E-state index in [2.05, 4.69) is 26.5 Å². The van der Waals surface area contributed by atoms with Gasteiger partial charge in [-0.05, 0) is 0 Å². The maximum atomic E-state index is 6.44. The molecule has 146 valence electrons. The molecule has 2 saturated heterocycles. The number of alkyl halides is 2. The average Bonchev–Trinajstić information content (AvgIpc) is 3.46. The van der Waals surface area contributed by atoms with Gasteiger partial charge >= 0.3 is 168 Å². The van der Waals surface area contributed by atoms with Crippen molar-refractivity contribution in [1.82, 2.24) is 0 Å². The summed E-state index contributed by atoms with van der Waals surface area (Å²) in [6, 6.07) is 0. The van der Waals surface area contributed by atoms with E-state index in [4.69, 9.17) is 14.2 Å². The molecule has 0 bridgehead atoms. The van der Waals surface area contributed by atoms with Gasteiger partial charge in [-0.3, -0.25) is 0 Å². The fourth-order valence-corrected chi connectivity index (χ4v) is 10.2. The van der Waals surface area contributed by atoms with E-state index in [-0.39, 0.29) is 27.0 Å². The van der Waals surface area contributed by atoms with Gasteiger partial charge in [0.05, 0.1) is 0 Å². The molecule has 5 rings (SSSR count). The molecule has 3 nitrogen and oxygen atoms in total. The van der Waals surface area contributed by atoms with Crippen LogP contribution in [0.2, 0.25) is 0 Å². The molecule has 3 aliphatic carbocycles. The zero-order valence-electron chi connectivity index (χ0n) is 16.4. The second-order valence-corrected chi connectivity index (χ2v) is 12.3. The van der Waals surface area contributed by atoms with E-state index in [1.165, 1.54) is 36.5 Å². The van der Waals surface area contributed by atoms with Crippen molar-refractivity contribution in [3.8, 4) is 0 Å². The molecule has 2 heterocycles. The first-order valence-corrected chi connectivity index (χ1v) is 13.4. The average molecular weight is 471 g/mol. The van der Waals surface area contributed by atoms with E-state index in [0.717, 1.165) is 30.0 Å². The fourth-order valence-electron chi connectivity index (χ4n) is 5.92. The summed E-state index contributed by atoms with van der Waals surface area (Å²) in [6.07, 6.45) is 9.28. The predicted octanol–water partition coefficient (Wildman–Crippen LogP) is 1.21. The summed E-state index contributed by atoms with van der Waals surface area (Å²) in [7, 11) is 0. The first-order chi connectivity index (χ1) is 12.5. The van der Waals surface area contributed by atoms with Gasteiger partial charge in [-0.25, -0.2) is 0 Å². The van der Waals surface area contributed by atoms with Crippen molar-refractivity contribution >= 4 is 0 Å². The van der Waals surface area contributed by atoms with Crippen molar-refractivity contribution in [2.45, 2.75) is 87.6 Å². The van der Waals surface area contributed by atoms with E-state index < -0.39 is 0 Å². The molecule has 4 heteroatoms. The molecule has 2 aliphatic heterocycles. The van der Waals surface area contributed by atoms with Crippen molar-refractivity contribution in [3.63, 3.8) is 0 Å². The van der Waals surface area contributed by atoms with Crippen molar-refractivity contribution in [2.75, 3.05) is 17.6 Å². The van der Waals surface area contributed by atoms with Crippen molar-refractivity contribution in [3.05, 3.63) is 16.9 Å². The molecule has 1 spiro atoms. The third-order valence-corrected chi connectivity index (χ3v) is 12.4. The minimum absolute atomic E-state index is 0.205. The van der Waals surface area contributed by atoms with Gasteiger partial charge in [0.25, 0.3) is 0 Å². The molecule has 0 amide bonds. The van der Waals surface area contributed by atoms with Crippen molar-refractivity contribution in [1.29, 1.82) is 0 Å². The molecule has 2 saturated carbocycles.